The fourth-order valence-electron chi connectivity index (χ4n) is 7.05. The number of benzene rings is 1. The van der Waals surface area contributed by atoms with Crippen LogP contribution in [0.1, 0.15) is 88.9 Å². The van der Waals surface area contributed by atoms with Crippen LogP contribution in [0, 0.1) is 15.4 Å². The Morgan fingerprint density at radius 1 is 1.09 bits per heavy atom. The van der Waals surface area contributed by atoms with E-state index in [2.05, 4.69) is 27.9 Å². The molecule has 2 saturated heterocycles. The van der Waals surface area contributed by atoms with Crippen LogP contribution in [0.2, 0.25) is 0 Å². The second-order valence-corrected chi connectivity index (χ2v) is 15.6. The van der Waals surface area contributed by atoms with Gasteiger partial charge in [-0.2, -0.15) is 0 Å². The van der Waals surface area contributed by atoms with Gasteiger partial charge in [-0.25, -0.2) is 4.79 Å². The van der Waals surface area contributed by atoms with Gasteiger partial charge in [0, 0.05) is 40.4 Å². The van der Waals surface area contributed by atoms with Crippen LogP contribution in [0.4, 0.5) is 0 Å². The highest BCUT2D eigenvalue weighted by atomic mass is 127. The van der Waals surface area contributed by atoms with Crippen LogP contribution >= 0.6 is 22.6 Å². The monoisotopic (exact) mass is 764 g/mol. The van der Waals surface area contributed by atoms with E-state index in [-0.39, 0.29) is 37.7 Å². The average Bonchev–Trinajstić information content (AvgIpc) is 3.96. The molecule has 6 rings (SSSR count). The molecule has 12 heteroatoms. The molecule has 2 heterocycles. The molecule has 4 fully saturated rings. The molecule has 0 bridgehead atoms. The number of carbonyl (C=O) groups is 4. The predicted octanol–water partition coefficient (Wildman–Crippen LogP) is 4.04. The van der Waals surface area contributed by atoms with Crippen LogP contribution in [0.5, 0.6) is 0 Å². The molecular formula is C35H45IN2O9. The molecule has 47 heavy (non-hydrogen) atoms. The summed E-state index contributed by atoms with van der Waals surface area (Å²) in [6.07, 6.45) is 5.58. The van der Waals surface area contributed by atoms with Gasteiger partial charge in [0.25, 0.3) is 0 Å². The summed E-state index contributed by atoms with van der Waals surface area (Å²) < 4.78 is 25.7. The summed E-state index contributed by atoms with van der Waals surface area (Å²) in [4.78, 5) is 54.8. The standard InChI is InChI=1S/C35H45IN2O9/c1-34(2,3)46-29(40)15-14-23(19-39)37-31(41)26-9-6-16-38(26)32(42)20-17-27(44-33(43)24-7-4-5-8-25(24)36)30-28(18-20)45-35(47-30,21-10-11-21)22-12-13-22/h4-5,7-8,18,21-23,26-28,30,39H,6,9-17,19H2,1-3H3,(H,37,41)/t23-,26+,27+,28+,30-/m0/s1. The third-order valence-electron chi connectivity index (χ3n) is 9.54. The largest absolute Gasteiger partial charge is 0.460 e. The van der Waals surface area contributed by atoms with Crippen molar-refractivity contribution in [1.29, 1.82) is 0 Å². The summed E-state index contributed by atoms with van der Waals surface area (Å²) in [6, 6.07) is 5.81. The molecule has 256 valence electrons. The molecule has 1 aromatic rings. The number of nitrogens with one attached hydrogen (secondary N) is 1. The Hall–Kier alpha value is -2.55. The maximum absolute atomic E-state index is 14.1. The Bertz CT molecular complexity index is 1400. The maximum atomic E-state index is 14.1. The van der Waals surface area contributed by atoms with Crippen molar-refractivity contribution < 1.29 is 43.2 Å². The van der Waals surface area contributed by atoms with Crippen molar-refractivity contribution >= 4 is 46.3 Å². The lowest BCUT2D eigenvalue weighted by Crippen LogP contribution is -2.51. The van der Waals surface area contributed by atoms with Crippen molar-refractivity contribution in [1.82, 2.24) is 10.2 Å². The Morgan fingerprint density at radius 2 is 1.79 bits per heavy atom. The summed E-state index contributed by atoms with van der Waals surface area (Å²) in [5, 5.41) is 12.8. The van der Waals surface area contributed by atoms with Gasteiger partial charge in [-0.05, 0) is 107 Å². The molecule has 1 aromatic carbocycles. The number of carbonyl (C=O) groups excluding carboxylic acids is 4. The summed E-state index contributed by atoms with van der Waals surface area (Å²) >= 11 is 2.11. The molecule has 3 aliphatic carbocycles. The zero-order valence-electron chi connectivity index (χ0n) is 27.2. The number of ether oxygens (including phenoxy) is 4. The van der Waals surface area contributed by atoms with E-state index in [1.54, 1.807) is 37.8 Å². The third kappa shape index (κ3) is 7.70. The van der Waals surface area contributed by atoms with Crippen molar-refractivity contribution in [3.8, 4) is 0 Å². The molecule has 2 saturated carbocycles. The zero-order valence-corrected chi connectivity index (χ0v) is 29.4. The maximum Gasteiger partial charge on any atom is 0.339 e. The molecule has 0 aromatic heterocycles. The molecule has 0 spiro atoms. The minimum atomic E-state index is -0.742. The number of rotatable bonds is 11. The van der Waals surface area contributed by atoms with Gasteiger partial charge in [-0.3, -0.25) is 14.4 Å². The van der Waals surface area contributed by atoms with Crippen molar-refractivity contribution in [2.45, 2.75) is 120 Å². The van der Waals surface area contributed by atoms with E-state index in [1.807, 2.05) is 18.2 Å². The summed E-state index contributed by atoms with van der Waals surface area (Å²) in [5.74, 6) is -1.70. The molecular weight excluding hydrogens is 719 g/mol. The Kier molecular flexibility index (Phi) is 10.0. The van der Waals surface area contributed by atoms with Crippen molar-refractivity contribution in [3.63, 3.8) is 0 Å². The number of halogens is 1. The van der Waals surface area contributed by atoms with Gasteiger partial charge >= 0.3 is 11.9 Å². The first-order chi connectivity index (χ1) is 22.4. The van der Waals surface area contributed by atoms with Crippen molar-refractivity contribution in [2.24, 2.45) is 11.8 Å². The van der Waals surface area contributed by atoms with Gasteiger partial charge in [0.1, 0.15) is 30.0 Å². The van der Waals surface area contributed by atoms with E-state index in [0.717, 1.165) is 29.3 Å². The first-order valence-electron chi connectivity index (χ1n) is 16.8. The minimum absolute atomic E-state index is 0.0406. The number of likely N-dealkylation sites (tertiary alicyclic amines) is 1. The molecule has 5 aliphatic rings. The lowest BCUT2D eigenvalue weighted by molar-refractivity contribution is -0.209. The second kappa shape index (κ2) is 13.8. The number of amides is 2. The van der Waals surface area contributed by atoms with E-state index in [1.165, 1.54) is 0 Å². The van der Waals surface area contributed by atoms with Crippen molar-refractivity contribution in [2.75, 3.05) is 13.2 Å². The Morgan fingerprint density at radius 3 is 2.43 bits per heavy atom. The van der Waals surface area contributed by atoms with Crippen molar-refractivity contribution in [3.05, 3.63) is 45.0 Å². The number of hydrogen-bond acceptors (Lipinski definition) is 9. The average molecular weight is 765 g/mol. The number of aliphatic hydroxyl groups excluding tert-OH is 1. The fourth-order valence-corrected chi connectivity index (χ4v) is 7.65. The van der Waals surface area contributed by atoms with Gasteiger partial charge in [-0.1, -0.05) is 12.1 Å². The van der Waals surface area contributed by atoms with Crippen LogP contribution in [0.15, 0.2) is 35.9 Å². The van der Waals surface area contributed by atoms with Gasteiger partial charge in [0.05, 0.1) is 18.2 Å². The van der Waals surface area contributed by atoms with Gasteiger partial charge in [-0.15, -0.1) is 0 Å². The summed E-state index contributed by atoms with van der Waals surface area (Å²) in [7, 11) is 0. The highest BCUT2D eigenvalue weighted by Crippen LogP contribution is 2.59. The molecule has 2 aliphatic heterocycles. The lowest BCUT2D eigenvalue weighted by Gasteiger charge is -2.33. The molecule has 11 nitrogen and oxygen atoms in total. The molecule has 5 atom stereocenters. The zero-order chi connectivity index (χ0) is 33.5. The van der Waals surface area contributed by atoms with Crippen LogP contribution in [-0.4, -0.2) is 88.7 Å². The van der Waals surface area contributed by atoms with Gasteiger partial charge in [0.2, 0.25) is 11.8 Å². The third-order valence-corrected chi connectivity index (χ3v) is 10.5. The Balaban J connectivity index is 1.17. The molecule has 0 unspecified atom stereocenters. The van der Waals surface area contributed by atoms with Crippen LogP contribution < -0.4 is 5.32 Å². The minimum Gasteiger partial charge on any atom is -0.460 e. The number of aliphatic hydroxyl groups is 1. The second-order valence-electron chi connectivity index (χ2n) is 14.4. The molecule has 2 amide bonds. The van der Waals surface area contributed by atoms with E-state index in [4.69, 9.17) is 18.9 Å². The fraction of sp³-hybridized carbons (Fsp3) is 0.657. The summed E-state index contributed by atoms with van der Waals surface area (Å²) in [6.45, 7) is 5.38. The van der Waals surface area contributed by atoms with E-state index in [9.17, 15) is 24.3 Å². The number of nitrogens with zero attached hydrogens (tertiary/aromatic N) is 1. The first-order valence-corrected chi connectivity index (χ1v) is 17.9. The Labute approximate surface area is 289 Å². The van der Waals surface area contributed by atoms with E-state index < -0.39 is 53.7 Å². The van der Waals surface area contributed by atoms with Gasteiger partial charge < -0.3 is 34.3 Å². The number of hydrogen-bond donors (Lipinski definition) is 2. The van der Waals surface area contributed by atoms with Crippen LogP contribution in [0.25, 0.3) is 0 Å². The van der Waals surface area contributed by atoms with Crippen LogP contribution in [0.3, 0.4) is 0 Å². The lowest BCUT2D eigenvalue weighted by atomic mass is 9.91. The normalized spacial score (nSPS) is 27.4. The highest BCUT2D eigenvalue weighted by molar-refractivity contribution is 14.1. The highest BCUT2D eigenvalue weighted by Gasteiger charge is 2.64. The smallest absolute Gasteiger partial charge is 0.339 e. The SMILES string of the molecule is CC(C)(C)OC(=O)CC[C@@H](CO)NC(=O)[C@H]1CCCN1C(=O)C1=C[C@H]2OC(C3CC3)(C3CC3)O[C@H]2[C@H](OC(=O)c2ccccc2I)C1. The van der Waals surface area contributed by atoms with Crippen LogP contribution in [-0.2, 0) is 33.3 Å². The quantitative estimate of drug-likeness (QED) is 0.253. The number of fused-ring (bicyclic) bond motifs is 1. The first kappa shape index (κ1) is 34.3. The topological polar surface area (TPSA) is 141 Å². The summed E-state index contributed by atoms with van der Waals surface area (Å²) in [5.41, 5.74) is 0.252. The predicted molar refractivity (Wildman–Crippen MR) is 178 cm³/mol. The molecule has 0 radical (unpaired) electrons. The van der Waals surface area contributed by atoms with E-state index >= 15 is 0 Å². The van der Waals surface area contributed by atoms with Gasteiger partial charge in [0.15, 0.2) is 5.79 Å². The number of esters is 2. The van der Waals surface area contributed by atoms with E-state index in [0.29, 0.717) is 42.4 Å². The molecule has 2 N–H and O–H groups in total.